The maximum Gasteiger partial charge on any atom is 0.210 e. The third-order valence-electron chi connectivity index (χ3n) is 2.46. The summed E-state index contributed by atoms with van der Waals surface area (Å²) in [5, 5.41) is -0.628. The normalized spacial score (nSPS) is 15.0. The Morgan fingerprint density at radius 3 is 2.12 bits per heavy atom. The molecule has 0 atom stereocenters. The summed E-state index contributed by atoms with van der Waals surface area (Å²) in [6, 6.07) is 2.98. The summed E-state index contributed by atoms with van der Waals surface area (Å²) in [6.45, 7) is 0. The van der Waals surface area contributed by atoms with Crippen molar-refractivity contribution in [3.05, 3.63) is 33.3 Å². The number of rotatable bonds is 1. The van der Waals surface area contributed by atoms with Gasteiger partial charge in [0.25, 0.3) is 0 Å². The lowest BCUT2D eigenvalue weighted by molar-refractivity contribution is 0.0985. The molecule has 17 heavy (non-hydrogen) atoms. The molecule has 2 N–H and O–H groups in total. The van der Waals surface area contributed by atoms with Crippen LogP contribution in [0.4, 0.5) is 5.69 Å². The number of nitrogens with two attached hydrogens (primary N) is 1. The minimum absolute atomic E-state index is 0.0451. The summed E-state index contributed by atoms with van der Waals surface area (Å²) in [7, 11) is 1.39. The van der Waals surface area contributed by atoms with Gasteiger partial charge in [-0.1, -0.05) is 23.2 Å². The van der Waals surface area contributed by atoms with E-state index in [1.165, 1.54) is 19.2 Å². The van der Waals surface area contributed by atoms with Crippen molar-refractivity contribution in [1.29, 1.82) is 0 Å². The van der Waals surface area contributed by atoms with E-state index >= 15 is 0 Å². The van der Waals surface area contributed by atoms with Crippen LogP contribution in [-0.2, 0) is 0 Å². The van der Waals surface area contributed by atoms with Crippen molar-refractivity contribution in [1.82, 2.24) is 0 Å². The number of allylic oxidation sites excluding steroid dienone is 2. The summed E-state index contributed by atoms with van der Waals surface area (Å²) in [6.07, 6.45) is 0. The number of benzene rings is 1. The first kappa shape index (κ1) is 12.0. The molecule has 1 aromatic rings. The van der Waals surface area contributed by atoms with E-state index in [-0.39, 0.29) is 32.6 Å². The molecule has 2 rings (SSSR count). The molecule has 0 heterocycles. The smallest absolute Gasteiger partial charge is 0.210 e. The van der Waals surface area contributed by atoms with Crippen molar-refractivity contribution in [2.24, 2.45) is 0 Å². The zero-order valence-electron chi connectivity index (χ0n) is 8.71. The highest BCUT2D eigenvalue weighted by Crippen LogP contribution is 2.38. The van der Waals surface area contributed by atoms with Crippen LogP contribution in [0.15, 0.2) is 22.2 Å². The van der Waals surface area contributed by atoms with Gasteiger partial charge in [-0.25, -0.2) is 0 Å². The second kappa shape index (κ2) is 4.05. The average Bonchev–Trinajstić information content (AvgIpc) is 2.33. The lowest BCUT2D eigenvalue weighted by Crippen LogP contribution is -2.20. The standard InChI is InChI=1S/C11H7Cl2NO3/c1-17-5-3-2-4(14)6-7(5)11(16)9(13)8(12)10(6)15/h2-3H,14H2,1H3. The second-order valence-corrected chi connectivity index (χ2v) is 4.15. The quantitative estimate of drug-likeness (QED) is 0.796. The number of carbonyl (C=O) groups excluding carboxylic acids is 2. The van der Waals surface area contributed by atoms with E-state index in [4.69, 9.17) is 33.7 Å². The molecule has 1 aliphatic rings. The van der Waals surface area contributed by atoms with E-state index in [0.29, 0.717) is 0 Å². The van der Waals surface area contributed by atoms with E-state index < -0.39 is 11.6 Å². The molecule has 0 spiro atoms. The van der Waals surface area contributed by atoms with Gasteiger partial charge < -0.3 is 10.5 Å². The molecule has 0 amide bonds. The Labute approximate surface area is 107 Å². The first-order valence-corrected chi connectivity index (χ1v) is 5.35. The van der Waals surface area contributed by atoms with Crippen molar-refractivity contribution in [2.75, 3.05) is 12.8 Å². The molecule has 0 bridgehead atoms. The van der Waals surface area contributed by atoms with Crippen molar-refractivity contribution in [2.45, 2.75) is 0 Å². The summed E-state index contributed by atoms with van der Waals surface area (Å²) in [5.74, 6) is -0.882. The first-order valence-electron chi connectivity index (χ1n) is 4.60. The van der Waals surface area contributed by atoms with Crippen LogP contribution in [0.3, 0.4) is 0 Å². The van der Waals surface area contributed by atoms with Gasteiger partial charge in [0.05, 0.1) is 18.2 Å². The number of ketones is 2. The molecule has 0 unspecified atom stereocenters. The van der Waals surface area contributed by atoms with Crippen LogP contribution in [0, 0.1) is 0 Å². The van der Waals surface area contributed by atoms with Crippen LogP contribution >= 0.6 is 23.2 Å². The molecule has 0 saturated carbocycles. The van der Waals surface area contributed by atoms with Gasteiger partial charge in [0.2, 0.25) is 11.6 Å². The maximum absolute atomic E-state index is 11.9. The van der Waals surface area contributed by atoms with Crippen molar-refractivity contribution in [3.8, 4) is 5.75 Å². The van der Waals surface area contributed by atoms with Crippen LogP contribution < -0.4 is 10.5 Å². The fourth-order valence-corrected chi connectivity index (χ4v) is 2.02. The third kappa shape index (κ3) is 1.61. The highest BCUT2D eigenvalue weighted by molar-refractivity contribution is 6.60. The molecule has 0 fully saturated rings. The summed E-state index contributed by atoms with van der Waals surface area (Å²) >= 11 is 11.4. The summed E-state index contributed by atoms with van der Waals surface area (Å²) in [4.78, 5) is 23.8. The van der Waals surface area contributed by atoms with Crippen molar-refractivity contribution < 1.29 is 14.3 Å². The van der Waals surface area contributed by atoms with Crippen LogP contribution in [0.1, 0.15) is 20.7 Å². The Morgan fingerprint density at radius 2 is 1.59 bits per heavy atom. The molecule has 88 valence electrons. The van der Waals surface area contributed by atoms with E-state index in [1.807, 2.05) is 0 Å². The third-order valence-corrected chi connectivity index (χ3v) is 3.28. The number of methoxy groups -OCH3 is 1. The summed E-state index contributed by atoms with van der Waals surface area (Å²) < 4.78 is 5.02. The zero-order valence-corrected chi connectivity index (χ0v) is 10.2. The number of halogens is 2. The van der Waals surface area contributed by atoms with Crippen molar-refractivity contribution >= 4 is 40.5 Å². The molecular weight excluding hydrogens is 265 g/mol. The van der Waals surface area contributed by atoms with Crippen LogP contribution in [0.25, 0.3) is 0 Å². The van der Waals surface area contributed by atoms with Crippen molar-refractivity contribution in [3.63, 3.8) is 0 Å². The highest BCUT2D eigenvalue weighted by Gasteiger charge is 2.34. The minimum atomic E-state index is -0.567. The van der Waals surface area contributed by atoms with Gasteiger partial charge in [0.1, 0.15) is 15.8 Å². The van der Waals surface area contributed by atoms with E-state index in [1.54, 1.807) is 0 Å². The first-order chi connectivity index (χ1) is 7.99. The predicted octanol–water partition coefficient (Wildman–Crippen LogP) is 2.35. The Bertz CT molecular complexity index is 578. The molecule has 0 aromatic heterocycles. The van der Waals surface area contributed by atoms with Gasteiger partial charge in [0, 0.05) is 5.69 Å². The number of anilines is 1. The molecule has 0 saturated heterocycles. The average molecular weight is 272 g/mol. The second-order valence-electron chi connectivity index (χ2n) is 3.39. The fourth-order valence-electron chi connectivity index (χ4n) is 1.66. The molecule has 1 aromatic carbocycles. The van der Waals surface area contributed by atoms with Gasteiger partial charge in [-0.3, -0.25) is 9.59 Å². The molecule has 4 nitrogen and oxygen atoms in total. The lowest BCUT2D eigenvalue weighted by Gasteiger charge is -2.18. The predicted molar refractivity (Wildman–Crippen MR) is 64.8 cm³/mol. The van der Waals surface area contributed by atoms with Gasteiger partial charge in [-0.05, 0) is 12.1 Å². The number of hydrogen-bond donors (Lipinski definition) is 1. The van der Waals surface area contributed by atoms with Gasteiger partial charge in [-0.2, -0.15) is 0 Å². The fraction of sp³-hybridized carbons (Fsp3) is 0.0909. The number of fused-ring (bicyclic) bond motifs is 1. The van der Waals surface area contributed by atoms with E-state index in [0.717, 1.165) is 0 Å². The maximum atomic E-state index is 11.9. The highest BCUT2D eigenvalue weighted by atomic mass is 35.5. The topological polar surface area (TPSA) is 69.4 Å². The Morgan fingerprint density at radius 1 is 1.06 bits per heavy atom. The van der Waals surface area contributed by atoms with E-state index in [9.17, 15) is 9.59 Å². The monoisotopic (exact) mass is 271 g/mol. The molecule has 0 aliphatic heterocycles. The van der Waals surface area contributed by atoms with Gasteiger partial charge in [0.15, 0.2) is 0 Å². The number of carbonyl (C=O) groups is 2. The Hall–Kier alpha value is -1.52. The number of hydrogen-bond acceptors (Lipinski definition) is 4. The van der Waals surface area contributed by atoms with Crippen LogP contribution in [-0.4, -0.2) is 18.7 Å². The summed E-state index contributed by atoms with van der Waals surface area (Å²) in [5.41, 5.74) is 5.95. The molecule has 6 heteroatoms. The Kier molecular flexibility index (Phi) is 2.85. The van der Waals surface area contributed by atoms with Crippen LogP contribution in [0.5, 0.6) is 5.75 Å². The minimum Gasteiger partial charge on any atom is -0.496 e. The number of Topliss-reactive ketones (excluding diaryl/α,β-unsaturated/α-hetero) is 2. The van der Waals surface area contributed by atoms with E-state index in [2.05, 4.69) is 0 Å². The SMILES string of the molecule is COc1ccc(N)c2c1C(=O)C(Cl)=C(Cl)C2=O. The van der Waals surface area contributed by atoms with Gasteiger partial charge >= 0.3 is 0 Å². The molecule has 0 radical (unpaired) electrons. The van der Waals surface area contributed by atoms with Gasteiger partial charge in [-0.15, -0.1) is 0 Å². The molecular formula is C11H7Cl2NO3. The largest absolute Gasteiger partial charge is 0.496 e. The number of ether oxygens (including phenoxy) is 1. The van der Waals surface area contributed by atoms with Crippen LogP contribution in [0.2, 0.25) is 0 Å². The lowest BCUT2D eigenvalue weighted by atomic mass is 9.92. The number of nitrogen functional groups attached to an aromatic ring is 1. The Balaban J connectivity index is 2.83. The zero-order chi connectivity index (χ0) is 12.7. The molecule has 1 aliphatic carbocycles.